The quantitative estimate of drug-likeness (QED) is 0.896. The molecule has 0 aromatic heterocycles. The van der Waals surface area contributed by atoms with Crippen LogP contribution in [0.3, 0.4) is 0 Å². The van der Waals surface area contributed by atoms with Crippen molar-refractivity contribution in [3.05, 3.63) is 70.7 Å². The normalized spacial score (nSPS) is 12.5. The van der Waals surface area contributed by atoms with Crippen molar-refractivity contribution in [1.82, 2.24) is 0 Å². The van der Waals surface area contributed by atoms with Crippen LogP contribution in [-0.2, 0) is 4.79 Å². The summed E-state index contributed by atoms with van der Waals surface area (Å²) in [5.41, 5.74) is 0.982. The minimum absolute atomic E-state index is 0.103. The molecule has 0 atom stereocenters. The summed E-state index contributed by atoms with van der Waals surface area (Å²) in [5, 5.41) is 2.97. The van der Waals surface area contributed by atoms with Crippen molar-refractivity contribution in [3.8, 4) is 11.5 Å². The van der Waals surface area contributed by atoms with Gasteiger partial charge in [0, 0.05) is 22.2 Å². The number of para-hydroxylation sites is 1. The van der Waals surface area contributed by atoms with Crippen molar-refractivity contribution in [1.29, 1.82) is 0 Å². The van der Waals surface area contributed by atoms with Crippen molar-refractivity contribution in [2.45, 2.75) is 0 Å². The van der Waals surface area contributed by atoms with E-state index in [1.54, 1.807) is 30.3 Å². The molecule has 0 unspecified atom stereocenters. The van der Waals surface area contributed by atoms with Crippen LogP contribution in [0.15, 0.2) is 54.3 Å². The molecule has 3 rings (SSSR count). The number of ether oxygens (including phenoxy) is 2. The standard InChI is InChI=1S/C18H13ClFNO3/c1-23-16-10-13(19)9-12-8-11(6-7-24-17(12)16)18(22)21-15-5-3-2-4-14(15)20/h2-10H,1H3,(H,21,22). The van der Waals surface area contributed by atoms with E-state index in [9.17, 15) is 9.18 Å². The van der Waals surface area contributed by atoms with Crippen molar-refractivity contribution in [2.75, 3.05) is 12.4 Å². The van der Waals surface area contributed by atoms with Gasteiger partial charge in [0.25, 0.3) is 5.91 Å². The Hall–Kier alpha value is -2.79. The van der Waals surface area contributed by atoms with E-state index in [1.165, 1.54) is 31.6 Å². The minimum Gasteiger partial charge on any atom is -0.493 e. The van der Waals surface area contributed by atoms with Crippen molar-refractivity contribution >= 4 is 29.3 Å². The van der Waals surface area contributed by atoms with E-state index in [1.807, 2.05) is 0 Å². The molecule has 122 valence electrons. The summed E-state index contributed by atoms with van der Waals surface area (Å²) in [7, 11) is 1.50. The smallest absolute Gasteiger partial charge is 0.255 e. The van der Waals surface area contributed by atoms with Gasteiger partial charge in [-0.1, -0.05) is 23.7 Å². The van der Waals surface area contributed by atoms with Gasteiger partial charge in [-0.15, -0.1) is 0 Å². The van der Waals surface area contributed by atoms with Gasteiger partial charge in [0.1, 0.15) is 5.82 Å². The lowest BCUT2D eigenvalue weighted by molar-refractivity contribution is -0.112. The Morgan fingerprint density at radius 2 is 2.08 bits per heavy atom. The second kappa shape index (κ2) is 6.76. The number of rotatable bonds is 3. The van der Waals surface area contributed by atoms with Gasteiger partial charge in [0.15, 0.2) is 11.5 Å². The molecule has 6 heteroatoms. The van der Waals surface area contributed by atoms with Crippen LogP contribution in [-0.4, -0.2) is 13.0 Å². The van der Waals surface area contributed by atoms with Gasteiger partial charge in [-0.05, 0) is 30.4 Å². The first-order chi connectivity index (χ1) is 11.6. The van der Waals surface area contributed by atoms with Gasteiger partial charge in [0.05, 0.1) is 19.1 Å². The first-order valence-electron chi connectivity index (χ1n) is 7.07. The summed E-state index contributed by atoms with van der Waals surface area (Å²) in [4.78, 5) is 12.4. The van der Waals surface area contributed by atoms with Gasteiger partial charge < -0.3 is 14.8 Å². The third kappa shape index (κ3) is 3.26. The van der Waals surface area contributed by atoms with Crippen molar-refractivity contribution < 1.29 is 18.7 Å². The fourth-order valence-electron chi connectivity index (χ4n) is 2.26. The molecule has 1 amide bonds. The van der Waals surface area contributed by atoms with Gasteiger partial charge in [-0.25, -0.2) is 4.39 Å². The Bertz CT molecular complexity index is 861. The van der Waals surface area contributed by atoms with Crippen LogP contribution in [0.5, 0.6) is 11.5 Å². The predicted molar refractivity (Wildman–Crippen MR) is 90.8 cm³/mol. The molecule has 1 aliphatic heterocycles. The van der Waals surface area contributed by atoms with E-state index in [-0.39, 0.29) is 5.69 Å². The molecule has 0 spiro atoms. The lowest BCUT2D eigenvalue weighted by Crippen LogP contribution is -2.14. The van der Waals surface area contributed by atoms with Crippen LogP contribution in [0, 0.1) is 5.82 Å². The predicted octanol–water partition coefficient (Wildman–Crippen LogP) is 4.42. The second-order valence-corrected chi connectivity index (χ2v) is 5.42. The van der Waals surface area contributed by atoms with E-state index >= 15 is 0 Å². The zero-order chi connectivity index (χ0) is 17.1. The maximum atomic E-state index is 13.7. The Kier molecular flexibility index (Phi) is 4.53. The van der Waals surface area contributed by atoms with E-state index in [0.717, 1.165) is 0 Å². The topological polar surface area (TPSA) is 47.6 Å². The highest BCUT2D eigenvalue weighted by atomic mass is 35.5. The molecule has 4 nitrogen and oxygen atoms in total. The van der Waals surface area contributed by atoms with Crippen LogP contribution in [0.25, 0.3) is 6.08 Å². The fourth-order valence-corrected chi connectivity index (χ4v) is 2.48. The monoisotopic (exact) mass is 345 g/mol. The van der Waals surface area contributed by atoms with E-state index in [4.69, 9.17) is 21.1 Å². The maximum absolute atomic E-state index is 13.7. The number of hydrogen-bond acceptors (Lipinski definition) is 3. The number of methoxy groups -OCH3 is 1. The average Bonchev–Trinajstić information content (AvgIpc) is 2.78. The molecule has 1 N–H and O–H groups in total. The number of amides is 1. The lowest BCUT2D eigenvalue weighted by Gasteiger charge is -2.10. The first kappa shape index (κ1) is 16.1. The highest BCUT2D eigenvalue weighted by molar-refractivity contribution is 6.31. The Labute approximate surface area is 143 Å². The van der Waals surface area contributed by atoms with E-state index in [0.29, 0.717) is 27.7 Å². The van der Waals surface area contributed by atoms with E-state index in [2.05, 4.69) is 5.32 Å². The van der Waals surface area contributed by atoms with Crippen molar-refractivity contribution in [2.24, 2.45) is 0 Å². The van der Waals surface area contributed by atoms with Gasteiger partial charge in [-0.3, -0.25) is 4.79 Å². The zero-order valence-electron chi connectivity index (χ0n) is 12.7. The number of carbonyl (C=O) groups excluding carboxylic acids is 1. The lowest BCUT2D eigenvalue weighted by atomic mass is 10.1. The highest BCUT2D eigenvalue weighted by Crippen LogP contribution is 2.37. The number of carbonyl (C=O) groups is 1. The SMILES string of the molecule is COc1cc(Cl)cc2c1OC=CC(C(=O)Nc1ccccc1F)=C2. The Balaban J connectivity index is 1.95. The maximum Gasteiger partial charge on any atom is 0.255 e. The van der Waals surface area contributed by atoms with Crippen LogP contribution >= 0.6 is 11.6 Å². The third-order valence-electron chi connectivity index (χ3n) is 3.40. The first-order valence-corrected chi connectivity index (χ1v) is 7.44. The highest BCUT2D eigenvalue weighted by Gasteiger charge is 2.17. The number of halogens is 2. The number of hydrogen-bond donors (Lipinski definition) is 1. The molecule has 2 aromatic carbocycles. The number of benzene rings is 2. The van der Waals surface area contributed by atoms with Crippen LogP contribution in [0.2, 0.25) is 5.02 Å². The molecule has 0 bridgehead atoms. The van der Waals surface area contributed by atoms with Gasteiger partial charge in [0.2, 0.25) is 0 Å². The van der Waals surface area contributed by atoms with Gasteiger partial charge >= 0.3 is 0 Å². The molecule has 1 aliphatic rings. The molecule has 0 saturated heterocycles. The summed E-state index contributed by atoms with van der Waals surface area (Å²) < 4.78 is 24.4. The zero-order valence-corrected chi connectivity index (χ0v) is 13.4. The van der Waals surface area contributed by atoms with Gasteiger partial charge in [-0.2, -0.15) is 0 Å². The number of nitrogens with one attached hydrogen (secondary N) is 1. The molecule has 0 radical (unpaired) electrons. The largest absolute Gasteiger partial charge is 0.493 e. The molecular weight excluding hydrogens is 333 g/mol. The van der Waals surface area contributed by atoms with E-state index < -0.39 is 11.7 Å². The van der Waals surface area contributed by atoms with Crippen LogP contribution < -0.4 is 14.8 Å². The molecule has 0 fully saturated rings. The molecule has 2 aromatic rings. The van der Waals surface area contributed by atoms with Crippen LogP contribution in [0.4, 0.5) is 10.1 Å². The molecule has 0 aliphatic carbocycles. The summed E-state index contributed by atoms with van der Waals surface area (Å²) in [6.07, 6.45) is 4.46. The van der Waals surface area contributed by atoms with Crippen LogP contribution in [0.1, 0.15) is 5.56 Å². The Morgan fingerprint density at radius 3 is 2.83 bits per heavy atom. The average molecular weight is 346 g/mol. The second-order valence-electron chi connectivity index (χ2n) is 4.98. The summed E-state index contributed by atoms with van der Waals surface area (Å²) >= 11 is 6.06. The molecule has 24 heavy (non-hydrogen) atoms. The third-order valence-corrected chi connectivity index (χ3v) is 3.62. The van der Waals surface area contributed by atoms with Crippen molar-refractivity contribution in [3.63, 3.8) is 0 Å². The minimum atomic E-state index is -0.509. The summed E-state index contributed by atoms with van der Waals surface area (Å²) in [5.74, 6) is -0.0711. The molecule has 1 heterocycles. The Morgan fingerprint density at radius 1 is 1.29 bits per heavy atom. The summed E-state index contributed by atoms with van der Waals surface area (Å²) in [6.45, 7) is 0. The number of anilines is 1. The number of fused-ring (bicyclic) bond motifs is 1. The summed E-state index contributed by atoms with van der Waals surface area (Å²) in [6, 6.07) is 9.22. The molecular formula is C18H13ClFNO3. The molecule has 0 saturated carbocycles. The fraction of sp³-hybridized carbons (Fsp3) is 0.0556.